The fourth-order valence-electron chi connectivity index (χ4n) is 4.50. The van der Waals surface area contributed by atoms with Crippen molar-refractivity contribution in [3.63, 3.8) is 0 Å². The van der Waals surface area contributed by atoms with Crippen LogP contribution in [0, 0.1) is 6.92 Å². The molecular formula is C22H27F5N2O2. The fraction of sp³-hybridized carbons (Fsp3) is 0.591. The van der Waals surface area contributed by atoms with E-state index >= 15 is 0 Å². The van der Waals surface area contributed by atoms with Crippen LogP contribution in [0.1, 0.15) is 57.2 Å². The van der Waals surface area contributed by atoms with Crippen LogP contribution in [0.25, 0.3) is 5.70 Å². The van der Waals surface area contributed by atoms with Crippen LogP contribution in [0.4, 0.5) is 22.0 Å². The van der Waals surface area contributed by atoms with E-state index < -0.39 is 23.3 Å². The number of alkyl halides is 5. The highest BCUT2D eigenvalue weighted by molar-refractivity contribution is 5.92. The first-order valence-electron chi connectivity index (χ1n) is 10.4. The maximum atomic E-state index is 14.3. The van der Waals surface area contributed by atoms with E-state index in [-0.39, 0.29) is 22.8 Å². The Labute approximate surface area is 178 Å². The molecule has 0 saturated carbocycles. The van der Waals surface area contributed by atoms with E-state index in [0.717, 1.165) is 12.1 Å². The number of amides is 1. The van der Waals surface area contributed by atoms with Crippen molar-refractivity contribution in [3.8, 4) is 5.75 Å². The van der Waals surface area contributed by atoms with E-state index in [9.17, 15) is 26.7 Å². The van der Waals surface area contributed by atoms with E-state index in [0.29, 0.717) is 43.9 Å². The number of fused-ring (bicyclic) bond motifs is 1. The molecule has 0 aromatic heterocycles. The third-order valence-electron chi connectivity index (χ3n) is 5.94. The highest BCUT2D eigenvalue weighted by Crippen LogP contribution is 2.51. The van der Waals surface area contributed by atoms with Crippen LogP contribution in [-0.2, 0) is 10.7 Å². The normalized spacial score (nSPS) is 18.9. The third-order valence-corrected chi connectivity index (χ3v) is 5.94. The number of ether oxygens (including phenoxy) is 1. The zero-order valence-corrected chi connectivity index (χ0v) is 18.3. The Kier molecular flexibility index (Phi) is 5.78. The number of nitrogens with zero attached hydrogens (tertiary/aromatic N) is 2. The van der Waals surface area contributed by atoms with Crippen molar-refractivity contribution < 1.29 is 31.5 Å². The second-order valence-electron chi connectivity index (χ2n) is 8.31. The lowest BCUT2D eigenvalue weighted by Crippen LogP contribution is -2.46. The van der Waals surface area contributed by atoms with Crippen LogP contribution in [0.15, 0.2) is 17.8 Å². The fourth-order valence-corrected chi connectivity index (χ4v) is 4.50. The molecule has 2 aliphatic rings. The molecule has 0 unspecified atom stereocenters. The van der Waals surface area contributed by atoms with Crippen LogP contribution in [-0.4, -0.2) is 47.1 Å². The number of benzene rings is 1. The predicted molar refractivity (Wildman–Crippen MR) is 107 cm³/mol. The van der Waals surface area contributed by atoms with Gasteiger partial charge in [-0.2, -0.15) is 22.0 Å². The molecule has 0 aliphatic carbocycles. The van der Waals surface area contributed by atoms with E-state index in [1.165, 1.54) is 11.8 Å². The van der Waals surface area contributed by atoms with Crippen molar-refractivity contribution >= 4 is 11.6 Å². The summed E-state index contributed by atoms with van der Waals surface area (Å²) in [5.74, 6) is -5.03. The highest BCUT2D eigenvalue weighted by Gasteiger charge is 2.60. The average molecular weight is 446 g/mol. The second kappa shape index (κ2) is 7.67. The molecule has 2 aliphatic heterocycles. The van der Waals surface area contributed by atoms with E-state index in [1.807, 2.05) is 18.7 Å². The van der Waals surface area contributed by atoms with E-state index in [2.05, 4.69) is 0 Å². The van der Waals surface area contributed by atoms with Gasteiger partial charge in [0, 0.05) is 37.2 Å². The molecule has 31 heavy (non-hydrogen) atoms. The van der Waals surface area contributed by atoms with Gasteiger partial charge in [-0.3, -0.25) is 4.79 Å². The quantitative estimate of drug-likeness (QED) is 0.564. The Balaban J connectivity index is 2.39. The molecule has 1 saturated heterocycles. The first-order chi connectivity index (χ1) is 14.3. The molecule has 4 nitrogen and oxygen atoms in total. The molecule has 3 rings (SSSR count). The van der Waals surface area contributed by atoms with Gasteiger partial charge in [-0.05, 0) is 58.7 Å². The first kappa shape index (κ1) is 23.3. The number of hydrogen-bond donors (Lipinski definition) is 0. The lowest BCUT2D eigenvalue weighted by atomic mass is 9.87. The standard InChI is InChI=1S/C22H27F5N2O2/c1-6-28(7-2)19-18(29-12-8-9-16(29)30)17-13(3)14(21(23,24)22(25,26)27)10-11-15(17)31-20(19,4)5/h10-11H,6-9,12H2,1-5H3. The Morgan fingerprint density at radius 1 is 1.13 bits per heavy atom. The van der Waals surface area contributed by atoms with Crippen molar-refractivity contribution in [2.45, 2.75) is 65.2 Å². The number of hydrogen-bond acceptors (Lipinski definition) is 3. The van der Waals surface area contributed by atoms with Gasteiger partial charge in [0.1, 0.15) is 11.4 Å². The SMILES string of the molecule is CCN(CC)C1=C(N2CCCC2=O)c2c(ccc(C(F)(F)C(F)(F)F)c2C)OC1(C)C. The first-order valence-corrected chi connectivity index (χ1v) is 10.4. The molecule has 1 aromatic rings. The summed E-state index contributed by atoms with van der Waals surface area (Å²) in [6.07, 6.45) is -4.86. The Morgan fingerprint density at radius 3 is 2.23 bits per heavy atom. The van der Waals surface area contributed by atoms with Crippen LogP contribution in [0.3, 0.4) is 0 Å². The number of rotatable bonds is 5. The average Bonchev–Trinajstić information content (AvgIpc) is 3.07. The van der Waals surface area contributed by atoms with Crippen LogP contribution >= 0.6 is 0 Å². The molecule has 2 heterocycles. The molecule has 1 aromatic carbocycles. The Hall–Kier alpha value is -2.32. The number of carbonyl (C=O) groups is 1. The summed E-state index contributed by atoms with van der Waals surface area (Å²) in [5.41, 5.74) is -1.19. The zero-order chi connectivity index (χ0) is 23.4. The summed E-state index contributed by atoms with van der Waals surface area (Å²) in [7, 11) is 0. The highest BCUT2D eigenvalue weighted by atomic mass is 19.4. The van der Waals surface area contributed by atoms with Crippen LogP contribution in [0.2, 0.25) is 0 Å². The monoisotopic (exact) mass is 446 g/mol. The summed E-state index contributed by atoms with van der Waals surface area (Å²) in [5, 5.41) is 0. The van der Waals surface area contributed by atoms with Crippen LogP contribution in [0.5, 0.6) is 5.75 Å². The van der Waals surface area contributed by atoms with Crippen molar-refractivity contribution in [3.05, 3.63) is 34.5 Å². The summed E-state index contributed by atoms with van der Waals surface area (Å²) in [6.45, 7) is 10.1. The molecule has 0 N–H and O–H groups in total. The van der Waals surface area contributed by atoms with Gasteiger partial charge in [-0.15, -0.1) is 0 Å². The molecule has 1 fully saturated rings. The third kappa shape index (κ3) is 3.65. The van der Waals surface area contributed by atoms with Gasteiger partial charge >= 0.3 is 12.1 Å². The topological polar surface area (TPSA) is 32.8 Å². The lowest BCUT2D eigenvalue weighted by molar-refractivity contribution is -0.289. The van der Waals surface area contributed by atoms with Gasteiger partial charge in [0.25, 0.3) is 0 Å². The number of halogens is 5. The molecule has 0 radical (unpaired) electrons. The molecule has 1 amide bonds. The van der Waals surface area contributed by atoms with Crippen molar-refractivity contribution in [2.24, 2.45) is 0 Å². The Bertz CT molecular complexity index is 917. The van der Waals surface area contributed by atoms with Gasteiger partial charge in [0.2, 0.25) is 5.91 Å². The number of likely N-dealkylation sites (N-methyl/N-ethyl adjacent to an activating group) is 1. The van der Waals surface area contributed by atoms with Gasteiger partial charge in [0.15, 0.2) is 0 Å². The van der Waals surface area contributed by atoms with Gasteiger partial charge in [-0.25, -0.2) is 0 Å². The second-order valence-corrected chi connectivity index (χ2v) is 8.31. The minimum absolute atomic E-state index is 0.123. The van der Waals surface area contributed by atoms with Crippen molar-refractivity contribution in [1.82, 2.24) is 9.80 Å². The summed E-state index contributed by atoms with van der Waals surface area (Å²) in [6, 6.07) is 1.92. The lowest BCUT2D eigenvalue weighted by Gasteiger charge is -2.44. The molecule has 172 valence electrons. The molecular weight excluding hydrogens is 419 g/mol. The molecule has 0 spiro atoms. The number of likely N-dealkylation sites (tertiary alicyclic amines) is 1. The van der Waals surface area contributed by atoms with Crippen molar-refractivity contribution in [2.75, 3.05) is 19.6 Å². The number of carbonyl (C=O) groups excluding carboxylic acids is 1. The van der Waals surface area contributed by atoms with Crippen LogP contribution < -0.4 is 4.74 Å². The Morgan fingerprint density at radius 2 is 1.74 bits per heavy atom. The zero-order valence-electron chi connectivity index (χ0n) is 18.3. The van der Waals surface area contributed by atoms with Crippen molar-refractivity contribution in [1.29, 1.82) is 0 Å². The van der Waals surface area contributed by atoms with Gasteiger partial charge in [0.05, 0.1) is 11.4 Å². The van der Waals surface area contributed by atoms with Gasteiger partial charge in [-0.1, -0.05) is 0 Å². The summed E-state index contributed by atoms with van der Waals surface area (Å²) in [4.78, 5) is 16.2. The van der Waals surface area contributed by atoms with E-state index in [1.54, 1.807) is 13.8 Å². The minimum atomic E-state index is -5.74. The predicted octanol–water partition coefficient (Wildman–Crippen LogP) is 5.45. The largest absolute Gasteiger partial charge is 0.481 e. The summed E-state index contributed by atoms with van der Waals surface area (Å²) >= 11 is 0. The maximum Gasteiger partial charge on any atom is 0.458 e. The van der Waals surface area contributed by atoms with Gasteiger partial charge < -0.3 is 14.5 Å². The van der Waals surface area contributed by atoms with E-state index in [4.69, 9.17) is 4.74 Å². The minimum Gasteiger partial charge on any atom is -0.481 e. The molecule has 0 bridgehead atoms. The smallest absolute Gasteiger partial charge is 0.458 e. The molecule has 9 heteroatoms. The molecule has 0 atom stereocenters. The maximum absolute atomic E-state index is 14.3. The summed E-state index contributed by atoms with van der Waals surface area (Å²) < 4.78 is 74.3.